The topological polar surface area (TPSA) is 64.6 Å². The predicted octanol–water partition coefficient (Wildman–Crippen LogP) is -4.12. The Morgan fingerprint density at radius 2 is 2.43 bits per heavy atom. The quantitative estimate of drug-likeness (QED) is 0.356. The predicted molar refractivity (Wildman–Crippen MR) is 15.8 cm³/mol. The van der Waals surface area contributed by atoms with Crippen LogP contribution in [0.1, 0.15) is 0 Å². The summed E-state index contributed by atoms with van der Waals surface area (Å²) in [5.41, 5.74) is 0. The molecule has 0 atom stereocenters. The van der Waals surface area contributed by atoms with Crippen LogP contribution in [0.15, 0.2) is 6.20 Å². The Balaban J connectivity index is 0.000000360. The van der Waals surface area contributed by atoms with Crippen LogP contribution in [0, 0.1) is 0 Å². The van der Waals surface area contributed by atoms with E-state index in [2.05, 4.69) is 15.4 Å². The summed E-state index contributed by atoms with van der Waals surface area (Å²) < 4.78 is 0. The number of hydrogen-bond donors (Lipinski definition) is 1. The smallest absolute Gasteiger partial charge is 0.856 e. The van der Waals surface area contributed by atoms with Crippen molar-refractivity contribution in [2.75, 3.05) is 0 Å². The largest absolute Gasteiger partial charge is 1.00 e. The fourth-order valence-corrected chi connectivity index (χ4v) is 0.191. The molecule has 0 spiro atoms. The molecule has 1 aromatic rings. The molecule has 0 radical (unpaired) electrons. The van der Waals surface area contributed by atoms with E-state index in [-0.39, 0.29) is 57.3 Å². The van der Waals surface area contributed by atoms with Crippen LogP contribution in [0.25, 0.3) is 0 Å². The fraction of sp³-hybridized carbons (Fsp3) is 0. The molecule has 1 heterocycles. The SMILES string of the molecule is [K+].[O-]c1cn[nH]n1. The van der Waals surface area contributed by atoms with E-state index in [1.54, 1.807) is 0 Å². The molecule has 0 aliphatic rings. The molecule has 0 aromatic carbocycles. The normalized spacial score (nSPS) is 7.43. The van der Waals surface area contributed by atoms with Crippen molar-refractivity contribution in [3.63, 3.8) is 0 Å². The summed E-state index contributed by atoms with van der Waals surface area (Å²) >= 11 is 0. The molecule has 0 saturated carbocycles. The van der Waals surface area contributed by atoms with Gasteiger partial charge in [-0.15, -0.1) is 0 Å². The van der Waals surface area contributed by atoms with Gasteiger partial charge < -0.3 is 5.11 Å². The van der Waals surface area contributed by atoms with Crippen LogP contribution in [-0.4, -0.2) is 15.4 Å². The van der Waals surface area contributed by atoms with Gasteiger partial charge in [-0.1, -0.05) is 0 Å². The maximum atomic E-state index is 9.86. The van der Waals surface area contributed by atoms with Gasteiger partial charge in [0.05, 0.1) is 6.20 Å². The van der Waals surface area contributed by atoms with Crippen LogP contribution in [0.4, 0.5) is 0 Å². The Labute approximate surface area is 82.7 Å². The average molecular weight is 123 g/mol. The van der Waals surface area contributed by atoms with Crippen LogP contribution >= 0.6 is 0 Å². The van der Waals surface area contributed by atoms with Gasteiger partial charge in [0.15, 0.2) is 0 Å². The summed E-state index contributed by atoms with van der Waals surface area (Å²) in [7, 11) is 0. The van der Waals surface area contributed by atoms with Crippen molar-refractivity contribution >= 4 is 0 Å². The van der Waals surface area contributed by atoms with E-state index in [9.17, 15) is 5.11 Å². The summed E-state index contributed by atoms with van der Waals surface area (Å²) in [6, 6.07) is 0. The van der Waals surface area contributed by atoms with Crippen molar-refractivity contribution in [1.82, 2.24) is 15.4 Å². The zero-order chi connectivity index (χ0) is 4.41. The molecule has 0 saturated heterocycles. The minimum atomic E-state index is -0.324. The molecule has 0 fully saturated rings. The number of nitrogens with one attached hydrogen (secondary N) is 1. The van der Waals surface area contributed by atoms with Crippen molar-refractivity contribution in [1.29, 1.82) is 0 Å². The van der Waals surface area contributed by atoms with Crippen molar-refractivity contribution in [3.8, 4) is 5.88 Å². The first-order valence-corrected chi connectivity index (χ1v) is 1.42. The van der Waals surface area contributed by atoms with Gasteiger partial charge in [0.2, 0.25) is 0 Å². The molecule has 0 unspecified atom stereocenters. The van der Waals surface area contributed by atoms with Crippen molar-refractivity contribution in [2.45, 2.75) is 0 Å². The standard InChI is InChI=1S/C2H3N3O.K/c6-2-1-3-5-4-2;/h1H,(H2,3,4,5,6);/q;+1/p-1. The van der Waals surface area contributed by atoms with E-state index in [1.807, 2.05) is 0 Å². The van der Waals surface area contributed by atoms with Crippen LogP contribution < -0.4 is 56.5 Å². The van der Waals surface area contributed by atoms with E-state index in [4.69, 9.17) is 0 Å². The molecule has 0 aliphatic heterocycles. The van der Waals surface area contributed by atoms with Gasteiger partial charge in [-0.2, -0.15) is 15.4 Å². The maximum absolute atomic E-state index is 9.86. The number of hydrogen-bond acceptors (Lipinski definition) is 3. The van der Waals surface area contributed by atoms with Gasteiger partial charge >= 0.3 is 51.4 Å². The zero-order valence-electron chi connectivity index (χ0n) is 3.88. The molecule has 1 aromatic heterocycles. The monoisotopic (exact) mass is 123 g/mol. The van der Waals surface area contributed by atoms with E-state index in [0.717, 1.165) is 6.20 Å². The van der Waals surface area contributed by atoms with E-state index in [0.29, 0.717) is 0 Å². The molecule has 7 heavy (non-hydrogen) atoms. The third-order valence-corrected chi connectivity index (χ3v) is 0.393. The molecule has 5 heteroatoms. The van der Waals surface area contributed by atoms with Crippen LogP contribution in [0.5, 0.6) is 5.88 Å². The third-order valence-electron chi connectivity index (χ3n) is 0.393. The number of rotatable bonds is 0. The van der Waals surface area contributed by atoms with E-state index >= 15 is 0 Å². The first-order chi connectivity index (χ1) is 2.89. The second-order valence-corrected chi connectivity index (χ2v) is 0.808. The first-order valence-electron chi connectivity index (χ1n) is 1.42. The molecule has 32 valence electrons. The summed E-state index contributed by atoms with van der Waals surface area (Å²) in [5, 5.41) is 18.4. The van der Waals surface area contributed by atoms with Crippen molar-refractivity contribution < 1.29 is 56.5 Å². The van der Waals surface area contributed by atoms with Gasteiger partial charge in [-0.3, -0.25) is 0 Å². The van der Waals surface area contributed by atoms with E-state index < -0.39 is 0 Å². The molecular formula is C2H2KN3O. The van der Waals surface area contributed by atoms with Crippen LogP contribution in [0.3, 0.4) is 0 Å². The second-order valence-electron chi connectivity index (χ2n) is 0.808. The number of H-pyrrole nitrogens is 1. The Bertz CT molecular complexity index is 116. The first kappa shape index (κ1) is 7.58. The summed E-state index contributed by atoms with van der Waals surface area (Å²) in [5.74, 6) is -0.324. The summed E-state index contributed by atoms with van der Waals surface area (Å²) in [6.07, 6.45) is 1.11. The van der Waals surface area contributed by atoms with E-state index in [1.165, 1.54) is 0 Å². The minimum absolute atomic E-state index is 0. The molecule has 4 nitrogen and oxygen atoms in total. The molecular weight excluding hydrogens is 121 g/mol. The number of aromatic nitrogens is 3. The van der Waals surface area contributed by atoms with Gasteiger partial charge in [0, 0.05) is 5.88 Å². The maximum Gasteiger partial charge on any atom is 1.00 e. The Kier molecular flexibility index (Phi) is 3.86. The minimum Gasteiger partial charge on any atom is -0.856 e. The molecule has 1 rings (SSSR count). The van der Waals surface area contributed by atoms with Crippen LogP contribution in [0.2, 0.25) is 0 Å². The second kappa shape index (κ2) is 3.56. The molecule has 0 aliphatic carbocycles. The summed E-state index contributed by atoms with van der Waals surface area (Å²) in [4.78, 5) is 0. The number of aromatic amines is 1. The average Bonchev–Trinajstić information content (AvgIpc) is 1.86. The van der Waals surface area contributed by atoms with Gasteiger partial charge in [-0.05, 0) is 0 Å². The Hall–Kier alpha value is 0.576. The van der Waals surface area contributed by atoms with Gasteiger partial charge in [0.25, 0.3) is 0 Å². The fourth-order valence-electron chi connectivity index (χ4n) is 0.191. The zero-order valence-corrected chi connectivity index (χ0v) is 7.00. The third kappa shape index (κ3) is 2.40. The molecule has 0 bridgehead atoms. The van der Waals surface area contributed by atoms with Crippen LogP contribution in [-0.2, 0) is 0 Å². The number of nitrogens with zero attached hydrogens (tertiary/aromatic N) is 2. The summed E-state index contributed by atoms with van der Waals surface area (Å²) in [6.45, 7) is 0. The van der Waals surface area contributed by atoms with Gasteiger partial charge in [0.1, 0.15) is 0 Å². The Morgan fingerprint density at radius 3 is 2.57 bits per heavy atom. The van der Waals surface area contributed by atoms with Crippen molar-refractivity contribution in [3.05, 3.63) is 6.20 Å². The van der Waals surface area contributed by atoms with Crippen molar-refractivity contribution in [2.24, 2.45) is 0 Å². The van der Waals surface area contributed by atoms with Gasteiger partial charge in [-0.25, -0.2) is 0 Å². The Morgan fingerprint density at radius 1 is 1.71 bits per heavy atom. The molecule has 1 N–H and O–H groups in total. The molecule has 0 amide bonds.